The first-order valence-corrected chi connectivity index (χ1v) is 7.31. The second-order valence-corrected chi connectivity index (χ2v) is 5.44. The van der Waals surface area contributed by atoms with E-state index in [0.717, 1.165) is 26.2 Å². The van der Waals surface area contributed by atoms with Gasteiger partial charge in [0.05, 0.1) is 10.6 Å². The van der Waals surface area contributed by atoms with E-state index in [9.17, 15) is 4.79 Å². The van der Waals surface area contributed by atoms with Crippen molar-refractivity contribution in [2.45, 2.75) is 19.9 Å². The van der Waals surface area contributed by atoms with E-state index in [1.807, 2.05) is 4.90 Å². The molecule has 1 aromatic heterocycles. The summed E-state index contributed by atoms with van der Waals surface area (Å²) in [6, 6.07) is 2.07. The fraction of sp³-hybridized carbons (Fsp3) is 0.571. The van der Waals surface area contributed by atoms with Gasteiger partial charge in [-0.3, -0.25) is 9.69 Å². The van der Waals surface area contributed by atoms with Crippen molar-refractivity contribution in [1.29, 1.82) is 0 Å². The van der Waals surface area contributed by atoms with Gasteiger partial charge < -0.3 is 10.2 Å². The Kier molecular flexibility index (Phi) is 4.83. The molecule has 1 fully saturated rings. The van der Waals surface area contributed by atoms with E-state index in [4.69, 9.17) is 11.6 Å². The van der Waals surface area contributed by atoms with Gasteiger partial charge in [0.15, 0.2) is 0 Å². The van der Waals surface area contributed by atoms with E-state index in [0.29, 0.717) is 22.4 Å². The predicted molar refractivity (Wildman–Crippen MR) is 81.4 cm³/mol. The van der Waals surface area contributed by atoms with Crippen LogP contribution in [-0.2, 0) is 0 Å². The van der Waals surface area contributed by atoms with Gasteiger partial charge in [0.1, 0.15) is 5.82 Å². The summed E-state index contributed by atoms with van der Waals surface area (Å²) in [4.78, 5) is 20.9. The molecule has 20 heavy (non-hydrogen) atoms. The lowest BCUT2D eigenvalue weighted by Crippen LogP contribution is -2.53. The number of halogens is 1. The first kappa shape index (κ1) is 15.1. The number of hydrogen-bond donors (Lipinski definition) is 1. The predicted octanol–water partition coefficient (Wildman–Crippen LogP) is 1.94. The molecule has 0 aromatic carbocycles. The highest BCUT2D eigenvalue weighted by molar-refractivity contribution is 6.33. The van der Waals surface area contributed by atoms with Gasteiger partial charge in [-0.05, 0) is 19.5 Å². The molecule has 2 rings (SSSR count). The molecule has 1 saturated heterocycles. The fourth-order valence-electron chi connectivity index (χ4n) is 2.57. The molecule has 1 aromatic rings. The largest absolute Gasteiger partial charge is 0.372 e. The molecule has 1 aliphatic heterocycles. The van der Waals surface area contributed by atoms with Crippen LogP contribution in [0.15, 0.2) is 12.3 Å². The van der Waals surface area contributed by atoms with Crippen LogP contribution in [0.5, 0.6) is 0 Å². The maximum Gasteiger partial charge on any atom is 0.255 e. The molecule has 5 nitrogen and oxygen atoms in total. The number of carbonyl (C=O) groups is 1. The lowest BCUT2D eigenvalue weighted by Gasteiger charge is -2.39. The summed E-state index contributed by atoms with van der Waals surface area (Å²) < 4.78 is 0. The molecule has 1 atom stereocenters. The lowest BCUT2D eigenvalue weighted by molar-refractivity contribution is 0.0528. The van der Waals surface area contributed by atoms with Gasteiger partial charge in [-0.15, -0.1) is 0 Å². The van der Waals surface area contributed by atoms with Crippen molar-refractivity contribution in [3.63, 3.8) is 0 Å². The van der Waals surface area contributed by atoms with Crippen LogP contribution in [0.2, 0.25) is 5.02 Å². The Morgan fingerprint density at radius 1 is 1.55 bits per heavy atom. The Morgan fingerprint density at radius 3 is 2.85 bits per heavy atom. The minimum Gasteiger partial charge on any atom is -0.372 e. The monoisotopic (exact) mass is 296 g/mol. The van der Waals surface area contributed by atoms with Crippen LogP contribution < -0.4 is 5.32 Å². The summed E-state index contributed by atoms with van der Waals surface area (Å²) in [7, 11) is 1.75. The van der Waals surface area contributed by atoms with E-state index in [2.05, 4.69) is 29.0 Å². The molecule has 6 heteroatoms. The van der Waals surface area contributed by atoms with Crippen molar-refractivity contribution in [3.8, 4) is 0 Å². The number of nitrogens with one attached hydrogen (secondary N) is 1. The van der Waals surface area contributed by atoms with Gasteiger partial charge >= 0.3 is 0 Å². The van der Waals surface area contributed by atoms with Crippen LogP contribution in [0.3, 0.4) is 0 Å². The number of carbonyl (C=O) groups excluding carboxylic acids is 1. The topological polar surface area (TPSA) is 48.5 Å². The summed E-state index contributed by atoms with van der Waals surface area (Å²) >= 11 is 6.08. The Hall–Kier alpha value is -1.33. The third-order valence-corrected chi connectivity index (χ3v) is 4.07. The van der Waals surface area contributed by atoms with Crippen molar-refractivity contribution < 1.29 is 4.79 Å². The zero-order chi connectivity index (χ0) is 14.7. The molecule has 1 unspecified atom stereocenters. The highest BCUT2D eigenvalue weighted by Gasteiger charge is 2.26. The lowest BCUT2D eigenvalue weighted by atomic mass is 10.1. The van der Waals surface area contributed by atoms with Crippen molar-refractivity contribution in [2.24, 2.45) is 0 Å². The van der Waals surface area contributed by atoms with Crippen molar-refractivity contribution in [1.82, 2.24) is 14.8 Å². The summed E-state index contributed by atoms with van der Waals surface area (Å²) in [5, 5.41) is 3.36. The molecular formula is C14H21ClN4O. The molecule has 1 aliphatic rings. The number of anilines is 1. The molecule has 0 saturated carbocycles. The first-order valence-electron chi connectivity index (χ1n) is 6.93. The van der Waals surface area contributed by atoms with Crippen LogP contribution in [0, 0.1) is 0 Å². The molecule has 0 radical (unpaired) electrons. The van der Waals surface area contributed by atoms with E-state index in [-0.39, 0.29) is 5.91 Å². The molecule has 1 N–H and O–H groups in total. The van der Waals surface area contributed by atoms with Gasteiger partial charge in [-0.2, -0.15) is 0 Å². The summed E-state index contributed by atoms with van der Waals surface area (Å²) in [6.45, 7) is 7.74. The number of pyridine rings is 1. The van der Waals surface area contributed by atoms with Crippen LogP contribution in [0.25, 0.3) is 0 Å². The smallest absolute Gasteiger partial charge is 0.255 e. The molecular weight excluding hydrogens is 276 g/mol. The Bertz CT molecular complexity index is 494. The number of hydrogen-bond acceptors (Lipinski definition) is 4. The second kappa shape index (κ2) is 6.41. The van der Waals surface area contributed by atoms with Gasteiger partial charge in [-0.1, -0.05) is 18.5 Å². The van der Waals surface area contributed by atoms with Gasteiger partial charge in [0, 0.05) is 38.9 Å². The molecule has 2 heterocycles. The van der Waals surface area contributed by atoms with Crippen molar-refractivity contribution in [3.05, 3.63) is 22.8 Å². The minimum absolute atomic E-state index is 0.00431. The third-order valence-electron chi connectivity index (χ3n) is 3.78. The molecule has 0 spiro atoms. The molecule has 1 amide bonds. The van der Waals surface area contributed by atoms with E-state index in [1.54, 1.807) is 19.3 Å². The number of amides is 1. The quantitative estimate of drug-likeness (QED) is 0.926. The first-order chi connectivity index (χ1) is 9.56. The highest BCUT2D eigenvalue weighted by atomic mass is 35.5. The second-order valence-electron chi connectivity index (χ2n) is 5.03. The van der Waals surface area contributed by atoms with Crippen LogP contribution in [-0.4, -0.2) is 60.0 Å². The number of rotatable bonds is 3. The Labute approximate surface area is 124 Å². The van der Waals surface area contributed by atoms with Crippen LogP contribution in [0.4, 0.5) is 5.82 Å². The summed E-state index contributed by atoms with van der Waals surface area (Å²) in [5.41, 5.74) is 0.547. The Morgan fingerprint density at radius 2 is 2.30 bits per heavy atom. The normalized spacial score (nSPS) is 20.0. The maximum absolute atomic E-state index is 12.5. The molecule has 0 bridgehead atoms. The third kappa shape index (κ3) is 3.04. The fourth-order valence-corrected chi connectivity index (χ4v) is 2.83. The van der Waals surface area contributed by atoms with Crippen molar-refractivity contribution in [2.75, 3.05) is 38.5 Å². The van der Waals surface area contributed by atoms with Crippen LogP contribution in [0.1, 0.15) is 24.2 Å². The van der Waals surface area contributed by atoms with Gasteiger partial charge in [0.2, 0.25) is 0 Å². The number of aromatic nitrogens is 1. The summed E-state index contributed by atoms with van der Waals surface area (Å²) in [6.07, 6.45) is 1.58. The maximum atomic E-state index is 12.5. The number of piperazine rings is 1. The van der Waals surface area contributed by atoms with E-state index >= 15 is 0 Å². The minimum atomic E-state index is 0.00431. The average Bonchev–Trinajstić information content (AvgIpc) is 2.46. The average molecular weight is 297 g/mol. The standard InChI is InChI=1S/C14H21ClN4O/c1-4-18-5-6-19(9-10(18)2)14(20)11-7-12(15)13(16-3)17-8-11/h7-8,10H,4-6,9H2,1-3H3,(H,16,17). The zero-order valence-corrected chi connectivity index (χ0v) is 12.9. The molecule has 0 aliphatic carbocycles. The summed E-state index contributed by atoms with van der Waals surface area (Å²) in [5.74, 6) is 0.594. The van der Waals surface area contributed by atoms with Gasteiger partial charge in [0.25, 0.3) is 5.91 Å². The highest BCUT2D eigenvalue weighted by Crippen LogP contribution is 2.21. The van der Waals surface area contributed by atoms with Crippen molar-refractivity contribution >= 4 is 23.3 Å². The van der Waals surface area contributed by atoms with Crippen LogP contribution >= 0.6 is 11.6 Å². The SMILES string of the molecule is CCN1CCN(C(=O)c2cnc(NC)c(Cl)c2)CC1C. The van der Waals surface area contributed by atoms with Gasteiger partial charge in [-0.25, -0.2) is 4.98 Å². The number of likely N-dealkylation sites (N-methyl/N-ethyl adjacent to an activating group) is 1. The zero-order valence-electron chi connectivity index (χ0n) is 12.2. The molecule has 110 valence electrons. The van der Waals surface area contributed by atoms with E-state index < -0.39 is 0 Å². The Balaban J connectivity index is 2.10. The van der Waals surface area contributed by atoms with E-state index in [1.165, 1.54) is 0 Å². The number of nitrogens with zero attached hydrogens (tertiary/aromatic N) is 3.